The van der Waals surface area contributed by atoms with E-state index in [1.165, 1.54) is 60.5 Å². The van der Waals surface area contributed by atoms with Crippen molar-refractivity contribution in [3.05, 3.63) is 90.2 Å². The monoisotopic (exact) mass is 541 g/mol. The van der Waals surface area contributed by atoms with Gasteiger partial charge >= 0.3 is 0 Å². The first kappa shape index (κ1) is 28.6. The molecule has 0 fully saturated rings. The average molecular weight is 542 g/mol. The summed E-state index contributed by atoms with van der Waals surface area (Å²) in [5, 5.41) is 2.74. The number of sulfonamides is 1. The number of halogens is 1. The summed E-state index contributed by atoms with van der Waals surface area (Å²) < 4.78 is 47.2. The molecule has 0 aliphatic carbocycles. The van der Waals surface area contributed by atoms with E-state index < -0.39 is 34.3 Å². The molecular formula is C28H32FN3O5S. The Hall–Kier alpha value is -3.92. The number of carbonyl (C=O) groups is 2. The summed E-state index contributed by atoms with van der Waals surface area (Å²) in [4.78, 5) is 28.0. The number of anilines is 1. The van der Waals surface area contributed by atoms with Crippen molar-refractivity contribution in [2.45, 2.75) is 37.8 Å². The van der Waals surface area contributed by atoms with Gasteiger partial charge in [-0.25, -0.2) is 12.8 Å². The van der Waals surface area contributed by atoms with Crippen molar-refractivity contribution in [1.29, 1.82) is 0 Å². The zero-order valence-electron chi connectivity index (χ0n) is 21.6. The second-order valence-electron chi connectivity index (χ2n) is 8.49. The number of likely N-dealkylation sites (N-methyl/N-ethyl adjacent to an activating group) is 1. The molecule has 0 saturated carbocycles. The summed E-state index contributed by atoms with van der Waals surface area (Å²) in [6.07, 6.45) is 0.301. The fourth-order valence-electron chi connectivity index (χ4n) is 4.00. The van der Waals surface area contributed by atoms with E-state index in [-0.39, 0.29) is 17.3 Å². The Kier molecular flexibility index (Phi) is 9.84. The van der Waals surface area contributed by atoms with Gasteiger partial charge in [0.25, 0.3) is 10.0 Å². The number of para-hydroxylation sites is 1. The van der Waals surface area contributed by atoms with Crippen LogP contribution in [0.4, 0.5) is 10.1 Å². The number of carbonyl (C=O) groups excluding carboxylic acids is 2. The molecule has 1 unspecified atom stereocenters. The van der Waals surface area contributed by atoms with Crippen LogP contribution in [0.3, 0.4) is 0 Å². The van der Waals surface area contributed by atoms with Gasteiger partial charge in [-0.2, -0.15) is 0 Å². The smallest absolute Gasteiger partial charge is 0.264 e. The van der Waals surface area contributed by atoms with Crippen LogP contribution in [0.25, 0.3) is 0 Å². The molecule has 10 heteroatoms. The predicted molar refractivity (Wildman–Crippen MR) is 144 cm³/mol. The molecule has 3 aromatic carbocycles. The average Bonchev–Trinajstić information content (AvgIpc) is 2.93. The summed E-state index contributed by atoms with van der Waals surface area (Å²) in [5.74, 6) is -0.865. The first-order chi connectivity index (χ1) is 18.2. The van der Waals surface area contributed by atoms with Crippen molar-refractivity contribution in [2.75, 3.05) is 24.5 Å². The van der Waals surface area contributed by atoms with Crippen LogP contribution in [0.1, 0.15) is 25.8 Å². The minimum absolute atomic E-state index is 0.0000323. The van der Waals surface area contributed by atoms with Gasteiger partial charge < -0.3 is 15.0 Å². The van der Waals surface area contributed by atoms with Crippen molar-refractivity contribution < 1.29 is 27.1 Å². The van der Waals surface area contributed by atoms with Gasteiger partial charge in [-0.05, 0) is 67.4 Å². The number of benzene rings is 3. The van der Waals surface area contributed by atoms with Gasteiger partial charge in [-0.3, -0.25) is 13.9 Å². The SMILES string of the molecule is CCNC(=O)C(CC)N(Cc1ccc(F)cc1)C(=O)CN(c1ccccc1)S(=O)(=O)c1ccc(OC)cc1. The number of nitrogens with one attached hydrogen (secondary N) is 1. The van der Waals surface area contributed by atoms with E-state index in [4.69, 9.17) is 4.74 Å². The number of methoxy groups -OCH3 is 1. The minimum atomic E-state index is -4.17. The fraction of sp³-hybridized carbons (Fsp3) is 0.286. The lowest BCUT2D eigenvalue weighted by atomic mass is 10.1. The standard InChI is InChI=1S/C28H32FN3O5S/c1-4-26(28(34)30-5-2)31(19-21-11-13-22(29)14-12-21)27(33)20-32(23-9-7-6-8-10-23)38(35,36)25-17-15-24(37-3)16-18-25/h6-18,26H,4-5,19-20H2,1-3H3,(H,30,34). The summed E-state index contributed by atoms with van der Waals surface area (Å²) in [7, 11) is -2.69. The zero-order valence-corrected chi connectivity index (χ0v) is 22.4. The van der Waals surface area contributed by atoms with Crippen LogP contribution >= 0.6 is 0 Å². The Bertz CT molecular complexity index is 1320. The molecule has 202 valence electrons. The minimum Gasteiger partial charge on any atom is -0.497 e. The highest BCUT2D eigenvalue weighted by molar-refractivity contribution is 7.92. The molecule has 3 aromatic rings. The van der Waals surface area contributed by atoms with Crippen LogP contribution in [0.15, 0.2) is 83.8 Å². The highest BCUT2D eigenvalue weighted by atomic mass is 32.2. The van der Waals surface area contributed by atoms with Crippen molar-refractivity contribution >= 4 is 27.5 Å². The molecule has 0 aromatic heterocycles. The molecule has 38 heavy (non-hydrogen) atoms. The van der Waals surface area contributed by atoms with Crippen LogP contribution in [0, 0.1) is 5.82 Å². The van der Waals surface area contributed by atoms with Gasteiger partial charge in [0.05, 0.1) is 17.7 Å². The van der Waals surface area contributed by atoms with Crippen molar-refractivity contribution in [2.24, 2.45) is 0 Å². The van der Waals surface area contributed by atoms with E-state index in [0.29, 0.717) is 30.0 Å². The number of rotatable bonds is 12. The Labute approximate surface area is 223 Å². The molecule has 1 atom stereocenters. The zero-order chi connectivity index (χ0) is 27.7. The summed E-state index contributed by atoms with van der Waals surface area (Å²) >= 11 is 0. The first-order valence-electron chi connectivity index (χ1n) is 12.2. The lowest BCUT2D eigenvalue weighted by Gasteiger charge is -2.33. The third kappa shape index (κ3) is 6.89. The maximum atomic E-state index is 13.8. The summed E-state index contributed by atoms with van der Waals surface area (Å²) in [5.41, 5.74) is 0.899. The van der Waals surface area contributed by atoms with E-state index in [1.807, 2.05) is 0 Å². The number of nitrogens with zero attached hydrogens (tertiary/aromatic N) is 2. The maximum Gasteiger partial charge on any atom is 0.264 e. The van der Waals surface area contributed by atoms with E-state index in [9.17, 15) is 22.4 Å². The number of ether oxygens (including phenoxy) is 1. The molecule has 0 bridgehead atoms. The van der Waals surface area contributed by atoms with E-state index >= 15 is 0 Å². The van der Waals surface area contributed by atoms with Crippen LogP contribution < -0.4 is 14.4 Å². The maximum absolute atomic E-state index is 13.8. The number of amides is 2. The topological polar surface area (TPSA) is 96.0 Å². The van der Waals surface area contributed by atoms with Crippen LogP contribution in [-0.4, -0.2) is 51.4 Å². The second-order valence-corrected chi connectivity index (χ2v) is 10.4. The fourth-order valence-corrected chi connectivity index (χ4v) is 5.41. The summed E-state index contributed by atoms with van der Waals surface area (Å²) in [6.45, 7) is 3.37. The Morgan fingerprint density at radius 3 is 2.13 bits per heavy atom. The molecule has 0 spiro atoms. The quantitative estimate of drug-likeness (QED) is 0.374. The predicted octanol–water partition coefficient (Wildman–Crippen LogP) is 3.97. The molecule has 1 N–H and O–H groups in total. The molecule has 0 aliphatic heterocycles. The molecule has 0 heterocycles. The summed E-state index contributed by atoms with van der Waals surface area (Å²) in [6, 6.07) is 18.9. The Morgan fingerprint density at radius 1 is 0.947 bits per heavy atom. The van der Waals surface area contributed by atoms with Crippen LogP contribution in [-0.2, 0) is 26.2 Å². The van der Waals surface area contributed by atoms with Gasteiger partial charge in [-0.15, -0.1) is 0 Å². The van der Waals surface area contributed by atoms with E-state index in [1.54, 1.807) is 44.2 Å². The normalized spacial score (nSPS) is 11.9. The third-order valence-electron chi connectivity index (χ3n) is 5.97. The Balaban J connectivity index is 2.02. The lowest BCUT2D eigenvalue weighted by molar-refractivity contribution is -0.140. The van der Waals surface area contributed by atoms with E-state index in [2.05, 4.69) is 5.32 Å². The van der Waals surface area contributed by atoms with Gasteiger partial charge in [-0.1, -0.05) is 37.3 Å². The molecule has 0 saturated heterocycles. The van der Waals surface area contributed by atoms with Crippen LogP contribution in [0.2, 0.25) is 0 Å². The number of hydrogen-bond acceptors (Lipinski definition) is 5. The van der Waals surface area contributed by atoms with Crippen molar-refractivity contribution in [1.82, 2.24) is 10.2 Å². The van der Waals surface area contributed by atoms with Gasteiger partial charge in [0.1, 0.15) is 24.2 Å². The lowest BCUT2D eigenvalue weighted by Crippen LogP contribution is -2.52. The Morgan fingerprint density at radius 2 is 1.58 bits per heavy atom. The van der Waals surface area contributed by atoms with Crippen molar-refractivity contribution in [3.63, 3.8) is 0 Å². The van der Waals surface area contributed by atoms with Gasteiger partial charge in [0.2, 0.25) is 11.8 Å². The number of hydrogen-bond donors (Lipinski definition) is 1. The first-order valence-corrected chi connectivity index (χ1v) is 13.7. The highest BCUT2D eigenvalue weighted by Crippen LogP contribution is 2.26. The van der Waals surface area contributed by atoms with Crippen molar-refractivity contribution in [3.8, 4) is 5.75 Å². The molecular weight excluding hydrogens is 509 g/mol. The molecule has 8 nitrogen and oxygen atoms in total. The van der Waals surface area contributed by atoms with E-state index in [0.717, 1.165) is 4.31 Å². The molecule has 2 amide bonds. The molecule has 0 aliphatic rings. The molecule has 3 rings (SSSR count). The highest BCUT2D eigenvalue weighted by Gasteiger charge is 2.33. The molecule has 0 radical (unpaired) electrons. The van der Waals surface area contributed by atoms with Gasteiger partial charge in [0, 0.05) is 13.1 Å². The van der Waals surface area contributed by atoms with Crippen LogP contribution in [0.5, 0.6) is 5.75 Å². The second kappa shape index (κ2) is 13.0. The third-order valence-corrected chi connectivity index (χ3v) is 7.76. The largest absolute Gasteiger partial charge is 0.497 e. The van der Waals surface area contributed by atoms with Gasteiger partial charge in [0.15, 0.2) is 0 Å².